The van der Waals surface area contributed by atoms with Gasteiger partial charge in [-0.15, -0.1) is 0 Å². The van der Waals surface area contributed by atoms with Crippen molar-refractivity contribution in [3.8, 4) is 0 Å². The molecular weight excluding hydrogens is 342 g/mol. The Kier molecular flexibility index (Phi) is 24.0. The van der Waals surface area contributed by atoms with Gasteiger partial charge in [0.15, 0.2) is 0 Å². The summed E-state index contributed by atoms with van der Waals surface area (Å²) in [5, 5.41) is 0. The summed E-state index contributed by atoms with van der Waals surface area (Å²) in [6.07, 6.45) is 0. The zero-order chi connectivity index (χ0) is 7.15. The zero-order valence-corrected chi connectivity index (χ0v) is 14.0. The van der Waals surface area contributed by atoms with Crippen molar-refractivity contribution in [2.45, 2.75) is 29.6 Å². The maximum Gasteiger partial charge on any atom is -0.813 e. The normalized spacial score (nSPS) is 7.00. The zero-order valence-electron chi connectivity index (χ0n) is 7.45. The molecule has 0 amide bonds. The number of rotatable bonds is 0. The summed E-state index contributed by atoms with van der Waals surface area (Å²) in [6, 6.07) is 0. The van der Waals surface area contributed by atoms with Gasteiger partial charge < -0.3 is 13.5 Å². The molecule has 0 aromatic rings. The van der Waals surface area contributed by atoms with E-state index in [2.05, 4.69) is 29.6 Å². The standard InChI is InChI=1S/6CH3.H2S.2Sn/h6*1H3;1H2;;/q;;;;;;;;+1/p-1. The monoisotopic (exact) mass is 363 g/mol. The van der Waals surface area contributed by atoms with Crippen molar-refractivity contribution in [1.29, 1.82) is 0 Å². The van der Waals surface area contributed by atoms with Gasteiger partial charge in [-0.2, -0.15) is 0 Å². The molecule has 57 valence electrons. The Bertz CT molecular complexity index is 26.5. The van der Waals surface area contributed by atoms with E-state index in [1.165, 1.54) is 0 Å². The molecule has 0 unspecified atom stereocenters. The van der Waals surface area contributed by atoms with E-state index in [4.69, 9.17) is 0 Å². The van der Waals surface area contributed by atoms with Gasteiger partial charge in [0.2, 0.25) is 0 Å². The second-order valence-corrected chi connectivity index (χ2v) is 20.1. The van der Waals surface area contributed by atoms with Crippen LogP contribution in [0, 0.1) is 0 Å². The van der Waals surface area contributed by atoms with Crippen molar-refractivity contribution in [3.63, 3.8) is 0 Å². The summed E-state index contributed by atoms with van der Waals surface area (Å²) in [5.41, 5.74) is 0. The Labute approximate surface area is 81.7 Å². The van der Waals surface area contributed by atoms with E-state index in [-0.39, 0.29) is 13.5 Å². The van der Waals surface area contributed by atoms with E-state index in [9.17, 15) is 0 Å². The first-order valence-corrected chi connectivity index (χ1v) is 20.1. The molecule has 9 heavy (non-hydrogen) atoms. The van der Waals surface area contributed by atoms with Crippen molar-refractivity contribution in [3.05, 3.63) is 0 Å². The molecule has 0 spiro atoms. The quantitative estimate of drug-likeness (QED) is 0.363. The molecule has 0 N–H and O–H groups in total. The average Bonchev–Trinajstić information content (AvgIpc) is 1.25. The van der Waals surface area contributed by atoms with Crippen LogP contribution in [0.15, 0.2) is 0 Å². The van der Waals surface area contributed by atoms with Crippen molar-refractivity contribution < 1.29 is 0 Å². The van der Waals surface area contributed by atoms with Crippen LogP contribution in [0.25, 0.3) is 0 Å². The van der Waals surface area contributed by atoms with Crippen molar-refractivity contribution >= 4 is 53.0 Å². The molecule has 1 radical (unpaired) electrons. The molecule has 3 heteroatoms. The van der Waals surface area contributed by atoms with E-state index < -0.39 is 39.5 Å². The maximum absolute atomic E-state index is 2.36. The summed E-state index contributed by atoms with van der Waals surface area (Å²) < 4.78 is 0. The number of hydrogen-bond donors (Lipinski definition) is 0. The minimum atomic E-state index is -0.543. The van der Waals surface area contributed by atoms with Crippen LogP contribution in [0.2, 0.25) is 29.6 Å². The van der Waals surface area contributed by atoms with E-state index in [1.54, 1.807) is 0 Å². The number of hydrogen-bond acceptors (Lipinski definition) is 1. The Balaban J connectivity index is -0.0000000720. The molecule has 0 rings (SSSR count). The molecule has 0 aliphatic heterocycles. The first kappa shape index (κ1) is 17.2. The molecule has 0 aromatic heterocycles. The van der Waals surface area contributed by atoms with E-state index >= 15 is 0 Å². The first-order valence-electron chi connectivity index (χ1n) is 3.00. The molecule has 0 saturated heterocycles. The van der Waals surface area contributed by atoms with Crippen LogP contribution in [-0.2, 0) is 13.5 Å². The fourth-order valence-electron chi connectivity index (χ4n) is 0. The van der Waals surface area contributed by atoms with Crippen LogP contribution in [0.1, 0.15) is 0 Å². The fraction of sp³-hybridized carbons (Fsp3) is 1.00. The topological polar surface area (TPSA) is 0 Å². The molecule has 0 bridgehead atoms. The van der Waals surface area contributed by atoms with Crippen LogP contribution < -0.4 is 0 Å². The average molecular weight is 361 g/mol. The maximum atomic E-state index is 2.36. The molecule has 0 nitrogen and oxygen atoms in total. The second-order valence-electron chi connectivity index (χ2n) is 3.00. The number of thiol groups is 1. The summed E-state index contributed by atoms with van der Waals surface area (Å²) >= 11 is -1.09. The molecular formula is C6H19SSn2. The third-order valence-electron chi connectivity index (χ3n) is 0. The van der Waals surface area contributed by atoms with Gasteiger partial charge in [0, 0.05) is 0 Å². The summed E-state index contributed by atoms with van der Waals surface area (Å²) in [7, 11) is 0. The third kappa shape index (κ3) is 166. The molecule has 0 aliphatic rings. The Morgan fingerprint density at radius 1 is 0.889 bits per heavy atom. The van der Waals surface area contributed by atoms with Crippen molar-refractivity contribution in [1.82, 2.24) is 0 Å². The van der Waals surface area contributed by atoms with Gasteiger partial charge >= 0.3 is 69.2 Å². The van der Waals surface area contributed by atoms with Gasteiger partial charge in [-0.05, 0) is 0 Å². The molecule has 0 aliphatic carbocycles. The van der Waals surface area contributed by atoms with Gasteiger partial charge in [-0.3, -0.25) is 0 Å². The van der Waals surface area contributed by atoms with Crippen LogP contribution in [0.5, 0.6) is 0 Å². The predicted molar refractivity (Wildman–Crippen MR) is 55.5 cm³/mol. The Morgan fingerprint density at radius 3 is 0.889 bits per heavy atom. The second kappa shape index (κ2) is 12.6. The summed E-state index contributed by atoms with van der Waals surface area (Å²) in [5.74, 6) is 0. The van der Waals surface area contributed by atoms with Gasteiger partial charge in [0.25, 0.3) is 0 Å². The molecule has 0 heterocycles. The minimum Gasteiger partial charge on any atom is -0.813 e. The molecule has 0 fully saturated rings. The van der Waals surface area contributed by atoms with Crippen LogP contribution in [0.4, 0.5) is 0 Å². The van der Waals surface area contributed by atoms with Crippen molar-refractivity contribution in [2.75, 3.05) is 0 Å². The minimum absolute atomic E-state index is 0. The van der Waals surface area contributed by atoms with Gasteiger partial charge in [0.05, 0.1) is 0 Å². The van der Waals surface area contributed by atoms with Gasteiger partial charge in [0.1, 0.15) is 0 Å². The summed E-state index contributed by atoms with van der Waals surface area (Å²) in [4.78, 5) is 14.2. The molecule has 0 atom stereocenters. The molecule has 0 saturated carbocycles. The van der Waals surface area contributed by atoms with E-state index in [0.717, 1.165) is 0 Å². The summed E-state index contributed by atoms with van der Waals surface area (Å²) in [6.45, 7) is 0. The van der Waals surface area contributed by atoms with E-state index in [1.807, 2.05) is 0 Å². The van der Waals surface area contributed by atoms with Gasteiger partial charge in [-0.25, -0.2) is 0 Å². The van der Waals surface area contributed by atoms with Crippen molar-refractivity contribution in [2.24, 2.45) is 0 Å². The SMILES string of the molecule is [CH3][Sn+]([CH3])[CH3].[CH3][Sn]([CH3])[CH3].[SH-]. The largest absolute Gasteiger partial charge is 0.813 e. The van der Waals surface area contributed by atoms with Crippen LogP contribution in [-0.4, -0.2) is 39.5 Å². The fourth-order valence-corrected chi connectivity index (χ4v) is 0. The van der Waals surface area contributed by atoms with Crippen LogP contribution in [0.3, 0.4) is 0 Å². The predicted octanol–water partition coefficient (Wildman–Crippen LogP) is 2.47. The van der Waals surface area contributed by atoms with Crippen LogP contribution >= 0.6 is 0 Å². The Morgan fingerprint density at radius 2 is 0.889 bits per heavy atom. The smallest absolute Gasteiger partial charge is 0.813 e. The first-order chi connectivity index (χ1) is 3.46. The van der Waals surface area contributed by atoms with Gasteiger partial charge in [-0.1, -0.05) is 0 Å². The third-order valence-corrected chi connectivity index (χ3v) is 0. The molecule has 0 aromatic carbocycles. The Hall–Kier alpha value is 1.95. The van der Waals surface area contributed by atoms with E-state index in [0.29, 0.717) is 0 Å².